The lowest BCUT2D eigenvalue weighted by Gasteiger charge is -2.33. The average molecular weight is 331 g/mol. The van der Waals surface area contributed by atoms with Crippen LogP contribution in [0.15, 0.2) is 0 Å². The number of unbranched alkanes of at least 4 members (excludes halogenated alkanes) is 4. The average Bonchev–Trinajstić information content (AvgIpc) is 2.52. The summed E-state index contributed by atoms with van der Waals surface area (Å²) in [7, 11) is 2.18. The number of nitrogens with zero attached hydrogens (tertiary/aromatic N) is 2. The predicted molar refractivity (Wildman–Crippen MR) is 99.9 cm³/mol. The Morgan fingerprint density at radius 3 is 2.32 bits per heavy atom. The molecule has 132 valence electrons. The summed E-state index contributed by atoms with van der Waals surface area (Å²) in [6.07, 6.45) is 9.24. The van der Waals surface area contributed by atoms with Crippen molar-refractivity contribution in [3.05, 3.63) is 0 Å². The van der Waals surface area contributed by atoms with Gasteiger partial charge in [-0.25, -0.2) is 0 Å². The topological polar surface area (TPSA) is 26.7 Å². The minimum absolute atomic E-state index is 0.164. The van der Waals surface area contributed by atoms with E-state index in [9.17, 15) is 5.11 Å². The maximum absolute atomic E-state index is 10.3. The Morgan fingerprint density at radius 1 is 1.00 bits per heavy atom. The first-order valence-electron chi connectivity index (χ1n) is 9.36. The molecule has 3 nitrogen and oxygen atoms in total. The lowest BCUT2D eigenvalue weighted by Crippen LogP contribution is -2.47. The zero-order valence-corrected chi connectivity index (χ0v) is 15.9. The van der Waals surface area contributed by atoms with Gasteiger partial charge in [0.1, 0.15) is 0 Å². The summed E-state index contributed by atoms with van der Waals surface area (Å²) in [5.41, 5.74) is 0. The van der Waals surface area contributed by atoms with Gasteiger partial charge in [-0.3, -0.25) is 4.90 Å². The van der Waals surface area contributed by atoms with Gasteiger partial charge in [-0.05, 0) is 19.9 Å². The van der Waals surface area contributed by atoms with Gasteiger partial charge in [-0.15, -0.1) is 0 Å². The van der Waals surface area contributed by atoms with Crippen LogP contribution in [0.4, 0.5) is 0 Å². The molecular weight excluding hydrogens is 292 g/mol. The van der Waals surface area contributed by atoms with E-state index < -0.39 is 0 Å². The molecule has 0 radical (unpaired) electrons. The summed E-state index contributed by atoms with van der Waals surface area (Å²) < 4.78 is 0. The van der Waals surface area contributed by atoms with Crippen LogP contribution in [0, 0.1) is 0 Å². The summed E-state index contributed by atoms with van der Waals surface area (Å²) in [4.78, 5) is 4.78. The second kappa shape index (κ2) is 12.6. The summed E-state index contributed by atoms with van der Waals surface area (Å²) in [6.45, 7) is 9.89. The zero-order chi connectivity index (χ0) is 16.2. The van der Waals surface area contributed by atoms with Gasteiger partial charge in [-0.2, -0.15) is 11.8 Å². The van der Waals surface area contributed by atoms with Gasteiger partial charge in [0.2, 0.25) is 0 Å². The van der Waals surface area contributed by atoms with Crippen LogP contribution in [0.3, 0.4) is 0 Å². The monoisotopic (exact) mass is 330 g/mol. The first kappa shape index (κ1) is 20.3. The molecule has 2 atom stereocenters. The normalized spacial score (nSPS) is 20.2. The Morgan fingerprint density at radius 2 is 1.68 bits per heavy atom. The Hall–Kier alpha value is 0.230. The minimum atomic E-state index is -0.164. The number of β-amino-alcohol motifs (C(OH)–C–C–N with tert-alkyl or cyclic N) is 1. The van der Waals surface area contributed by atoms with Crippen molar-refractivity contribution >= 4 is 11.8 Å². The van der Waals surface area contributed by atoms with Crippen LogP contribution >= 0.6 is 11.8 Å². The van der Waals surface area contributed by atoms with Crippen molar-refractivity contribution < 1.29 is 5.11 Å². The summed E-state index contributed by atoms with van der Waals surface area (Å²) >= 11 is 2.00. The number of hydrogen-bond donors (Lipinski definition) is 1. The van der Waals surface area contributed by atoms with Crippen molar-refractivity contribution in [3.63, 3.8) is 0 Å². The minimum Gasteiger partial charge on any atom is -0.391 e. The Balaban J connectivity index is 2.08. The summed E-state index contributed by atoms with van der Waals surface area (Å²) in [5.74, 6) is 0.903. The zero-order valence-electron chi connectivity index (χ0n) is 15.1. The molecule has 0 amide bonds. The van der Waals surface area contributed by atoms with Crippen LogP contribution in [0.2, 0.25) is 0 Å². The maximum atomic E-state index is 10.3. The molecule has 22 heavy (non-hydrogen) atoms. The fourth-order valence-corrected chi connectivity index (χ4v) is 4.18. The highest BCUT2D eigenvalue weighted by molar-refractivity contribution is 7.99. The number of aliphatic hydroxyl groups excluding tert-OH is 1. The van der Waals surface area contributed by atoms with Crippen molar-refractivity contribution in [2.45, 2.75) is 70.1 Å². The van der Waals surface area contributed by atoms with E-state index in [1.807, 2.05) is 11.8 Å². The molecule has 1 aliphatic heterocycles. The first-order chi connectivity index (χ1) is 10.7. The quantitative estimate of drug-likeness (QED) is 0.554. The molecule has 1 fully saturated rings. The van der Waals surface area contributed by atoms with Gasteiger partial charge >= 0.3 is 0 Å². The highest BCUT2D eigenvalue weighted by Gasteiger charge is 2.18. The lowest BCUT2D eigenvalue weighted by molar-refractivity contribution is 0.0920. The van der Waals surface area contributed by atoms with Gasteiger partial charge in [-0.1, -0.05) is 46.0 Å². The molecule has 0 saturated carbocycles. The van der Waals surface area contributed by atoms with Crippen LogP contribution in [0.1, 0.15) is 58.8 Å². The van der Waals surface area contributed by atoms with Crippen molar-refractivity contribution in [2.24, 2.45) is 0 Å². The standard InChI is InChI=1S/C18H38N2OS/c1-4-6-7-8-9-10-18(5-2)22-16-17(21)15-20-13-11-19(3)12-14-20/h17-18,21H,4-16H2,1-3H3. The molecule has 1 N–H and O–H groups in total. The molecule has 2 unspecified atom stereocenters. The van der Waals surface area contributed by atoms with E-state index in [0.717, 1.165) is 43.7 Å². The number of piperazine rings is 1. The van der Waals surface area contributed by atoms with E-state index in [1.165, 1.54) is 44.9 Å². The van der Waals surface area contributed by atoms with Crippen molar-refractivity contribution in [1.29, 1.82) is 0 Å². The SMILES string of the molecule is CCCCCCCC(CC)SCC(O)CN1CCN(C)CC1. The predicted octanol–water partition coefficient (Wildman–Crippen LogP) is 3.47. The van der Waals surface area contributed by atoms with Gasteiger partial charge in [0.15, 0.2) is 0 Å². The third-order valence-electron chi connectivity index (χ3n) is 4.67. The van der Waals surface area contributed by atoms with Crippen LogP contribution in [0.5, 0.6) is 0 Å². The van der Waals surface area contributed by atoms with E-state index in [1.54, 1.807) is 0 Å². The van der Waals surface area contributed by atoms with E-state index in [2.05, 4.69) is 30.7 Å². The second-order valence-electron chi connectivity index (χ2n) is 6.82. The van der Waals surface area contributed by atoms with Gasteiger partial charge in [0, 0.05) is 43.7 Å². The van der Waals surface area contributed by atoms with E-state index in [-0.39, 0.29) is 6.10 Å². The molecule has 1 rings (SSSR count). The molecule has 1 saturated heterocycles. The number of thioether (sulfide) groups is 1. The number of aliphatic hydroxyl groups is 1. The van der Waals surface area contributed by atoms with Crippen molar-refractivity contribution in [2.75, 3.05) is 45.5 Å². The highest BCUT2D eigenvalue weighted by Crippen LogP contribution is 2.22. The van der Waals surface area contributed by atoms with E-state index >= 15 is 0 Å². The van der Waals surface area contributed by atoms with Crippen LogP contribution in [-0.2, 0) is 0 Å². The molecular formula is C18H38N2OS. The smallest absolute Gasteiger partial charge is 0.0757 e. The van der Waals surface area contributed by atoms with Crippen LogP contribution in [-0.4, -0.2) is 71.8 Å². The Kier molecular flexibility index (Phi) is 11.6. The first-order valence-corrected chi connectivity index (χ1v) is 10.4. The maximum Gasteiger partial charge on any atom is 0.0757 e. The third kappa shape index (κ3) is 9.39. The molecule has 0 bridgehead atoms. The number of rotatable bonds is 12. The number of likely N-dealkylation sites (N-methyl/N-ethyl adjacent to an activating group) is 1. The van der Waals surface area contributed by atoms with Gasteiger partial charge < -0.3 is 10.0 Å². The van der Waals surface area contributed by atoms with Gasteiger partial charge in [0.25, 0.3) is 0 Å². The van der Waals surface area contributed by atoms with Crippen molar-refractivity contribution in [3.8, 4) is 0 Å². The molecule has 0 aromatic rings. The van der Waals surface area contributed by atoms with E-state index in [0.29, 0.717) is 0 Å². The molecule has 0 aromatic heterocycles. The van der Waals surface area contributed by atoms with Crippen LogP contribution in [0.25, 0.3) is 0 Å². The largest absolute Gasteiger partial charge is 0.391 e. The lowest BCUT2D eigenvalue weighted by atomic mass is 10.1. The molecule has 0 aliphatic carbocycles. The fourth-order valence-electron chi connectivity index (χ4n) is 3.01. The molecule has 4 heteroatoms. The Labute approximate surface area is 142 Å². The second-order valence-corrected chi connectivity index (χ2v) is 8.16. The summed E-state index contributed by atoms with van der Waals surface area (Å²) in [6, 6.07) is 0. The molecule has 0 spiro atoms. The summed E-state index contributed by atoms with van der Waals surface area (Å²) in [5, 5.41) is 11.0. The molecule has 0 aromatic carbocycles. The van der Waals surface area contributed by atoms with Gasteiger partial charge in [0.05, 0.1) is 6.10 Å². The highest BCUT2D eigenvalue weighted by atomic mass is 32.2. The third-order valence-corrected chi connectivity index (χ3v) is 6.29. The van der Waals surface area contributed by atoms with E-state index in [4.69, 9.17) is 0 Å². The molecule has 1 aliphatic rings. The number of hydrogen-bond acceptors (Lipinski definition) is 4. The van der Waals surface area contributed by atoms with Crippen LogP contribution < -0.4 is 0 Å². The van der Waals surface area contributed by atoms with Crippen molar-refractivity contribution in [1.82, 2.24) is 9.80 Å². The fraction of sp³-hybridized carbons (Fsp3) is 1.00. The molecule has 1 heterocycles. The Bertz CT molecular complexity index is 257.